The molecule has 0 radical (unpaired) electrons. The summed E-state index contributed by atoms with van der Waals surface area (Å²) in [5, 5.41) is 6.36. The first-order valence-corrected chi connectivity index (χ1v) is 7.46. The molecule has 5 heteroatoms. The zero-order valence-corrected chi connectivity index (χ0v) is 13.4. The summed E-state index contributed by atoms with van der Waals surface area (Å²) in [7, 11) is 2.23. The molecule has 2 atom stereocenters. The lowest BCUT2D eigenvalue weighted by Gasteiger charge is -2.17. The minimum absolute atomic E-state index is 0. The number of hydrogen-bond acceptors (Lipinski definition) is 2. The summed E-state index contributed by atoms with van der Waals surface area (Å²) in [5.41, 5.74) is 1.01. The van der Waals surface area contributed by atoms with Crippen LogP contribution in [0.1, 0.15) is 31.0 Å². The summed E-state index contributed by atoms with van der Waals surface area (Å²) < 4.78 is 1.75. The Morgan fingerprint density at radius 3 is 2.67 bits per heavy atom. The van der Waals surface area contributed by atoms with Crippen molar-refractivity contribution in [1.29, 1.82) is 0 Å². The molecule has 0 saturated carbocycles. The van der Waals surface area contributed by atoms with Crippen LogP contribution >= 0.6 is 0 Å². The lowest BCUT2D eigenvalue weighted by molar-refractivity contribution is -0.878. The standard InChI is InChI=1S/C16H21N3O.ClH/c1-12-14-7-3-4-8-15(14)16(20)19(17-12)13-6-5-10-18(2)11-9-13;/h3-4,7-8,13H,5-6,9-11H2,1-2H3;1H. The van der Waals surface area contributed by atoms with Crippen molar-refractivity contribution in [2.24, 2.45) is 0 Å². The second kappa shape index (κ2) is 6.58. The number of hydrogen-bond donors (Lipinski definition) is 1. The van der Waals surface area contributed by atoms with Gasteiger partial charge in [-0.05, 0) is 25.8 Å². The zero-order chi connectivity index (χ0) is 14.1. The highest BCUT2D eigenvalue weighted by atomic mass is 35.5. The van der Waals surface area contributed by atoms with Gasteiger partial charge in [0.1, 0.15) is 0 Å². The molecule has 0 amide bonds. The Kier molecular flexibility index (Phi) is 5.01. The Bertz CT molecular complexity index is 683. The molecule has 1 aliphatic heterocycles. The van der Waals surface area contributed by atoms with Crippen LogP contribution in [0.3, 0.4) is 0 Å². The van der Waals surface area contributed by atoms with Crippen LogP contribution in [-0.4, -0.2) is 29.9 Å². The molecule has 21 heavy (non-hydrogen) atoms. The largest absolute Gasteiger partial charge is 1.00 e. The van der Waals surface area contributed by atoms with Crippen molar-refractivity contribution in [1.82, 2.24) is 9.78 Å². The molecule has 114 valence electrons. The molecule has 1 aliphatic rings. The monoisotopic (exact) mass is 307 g/mol. The minimum Gasteiger partial charge on any atom is -1.00 e. The Hall–Kier alpha value is -1.39. The lowest BCUT2D eigenvalue weighted by atomic mass is 10.1. The first kappa shape index (κ1) is 16.0. The number of nitrogens with zero attached hydrogens (tertiary/aromatic N) is 2. The maximum atomic E-state index is 12.7. The fourth-order valence-corrected chi connectivity index (χ4v) is 3.18. The molecular weight excluding hydrogens is 286 g/mol. The van der Waals surface area contributed by atoms with E-state index >= 15 is 0 Å². The maximum absolute atomic E-state index is 12.7. The quantitative estimate of drug-likeness (QED) is 0.659. The van der Waals surface area contributed by atoms with Gasteiger partial charge in [0.25, 0.3) is 5.56 Å². The van der Waals surface area contributed by atoms with Gasteiger partial charge in [0, 0.05) is 11.8 Å². The van der Waals surface area contributed by atoms with E-state index in [1.54, 1.807) is 9.58 Å². The summed E-state index contributed by atoms with van der Waals surface area (Å²) in [5.74, 6) is 0. The zero-order valence-electron chi connectivity index (χ0n) is 12.6. The van der Waals surface area contributed by atoms with Crippen molar-refractivity contribution in [3.8, 4) is 0 Å². The van der Waals surface area contributed by atoms with Crippen molar-refractivity contribution in [3.05, 3.63) is 40.3 Å². The summed E-state index contributed by atoms with van der Waals surface area (Å²) in [4.78, 5) is 14.2. The van der Waals surface area contributed by atoms with Gasteiger partial charge in [-0.15, -0.1) is 0 Å². The van der Waals surface area contributed by atoms with Crippen molar-refractivity contribution in [2.45, 2.75) is 32.2 Å². The topological polar surface area (TPSA) is 39.3 Å². The Morgan fingerprint density at radius 1 is 1.19 bits per heavy atom. The first-order chi connectivity index (χ1) is 9.66. The van der Waals surface area contributed by atoms with E-state index in [1.807, 2.05) is 31.2 Å². The molecule has 0 bridgehead atoms. The van der Waals surface area contributed by atoms with Gasteiger partial charge < -0.3 is 17.3 Å². The molecule has 2 aromatic rings. The SMILES string of the molecule is Cc1nn(C2CCC[NH+](C)CC2)c(=O)c2ccccc12.[Cl-]. The van der Waals surface area contributed by atoms with E-state index in [-0.39, 0.29) is 24.0 Å². The Balaban J connectivity index is 0.00000161. The van der Waals surface area contributed by atoms with Crippen molar-refractivity contribution >= 4 is 10.8 Å². The number of rotatable bonds is 1. The summed E-state index contributed by atoms with van der Waals surface area (Å²) >= 11 is 0. The van der Waals surface area contributed by atoms with Gasteiger partial charge in [-0.3, -0.25) is 4.79 Å². The average molecular weight is 308 g/mol. The number of nitrogens with one attached hydrogen (secondary N) is 1. The van der Waals surface area contributed by atoms with Crippen LogP contribution < -0.4 is 22.9 Å². The fourth-order valence-electron chi connectivity index (χ4n) is 3.18. The van der Waals surface area contributed by atoms with Crippen molar-refractivity contribution < 1.29 is 17.3 Å². The lowest BCUT2D eigenvalue weighted by Crippen LogP contribution is -3.08. The number of halogens is 1. The van der Waals surface area contributed by atoms with Gasteiger partial charge in [-0.25, -0.2) is 4.68 Å². The van der Waals surface area contributed by atoms with Gasteiger partial charge in [0.15, 0.2) is 0 Å². The van der Waals surface area contributed by atoms with Crippen LogP contribution in [0.25, 0.3) is 10.8 Å². The molecule has 2 heterocycles. The van der Waals surface area contributed by atoms with Crippen LogP contribution in [0.2, 0.25) is 0 Å². The summed E-state index contributed by atoms with van der Waals surface area (Å²) in [6.45, 7) is 4.30. The van der Waals surface area contributed by atoms with Gasteiger partial charge in [-0.1, -0.05) is 18.2 Å². The second-order valence-electron chi connectivity index (χ2n) is 5.92. The number of fused-ring (bicyclic) bond motifs is 1. The van der Waals surface area contributed by atoms with E-state index < -0.39 is 0 Å². The normalized spacial score (nSPS) is 22.6. The molecule has 1 aromatic heterocycles. The third kappa shape index (κ3) is 3.11. The van der Waals surface area contributed by atoms with Gasteiger partial charge in [0.2, 0.25) is 0 Å². The summed E-state index contributed by atoms with van der Waals surface area (Å²) in [6.07, 6.45) is 3.26. The van der Waals surface area contributed by atoms with Gasteiger partial charge >= 0.3 is 0 Å². The smallest absolute Gasteiger partial charge is 0.274 e. The Morgan fingerprint density at radius 2 is 1.90 bits per heavy atom. The number of benzene rings is 1. The van der Waals surface area contributed by atoms with E-state index in [4.69, 9.17) is 0 Å². The highest BCUT2D eigenvalue weighted by molar-refractivity contribution is 5.83. The molecule has 1 fully saturated rings. The molecule has 1 N–H and O–H groups in total. The molecule has 1 saturated heterocycles. The highest BCUT2D eigenvalue weighted by Crippen LogP contribution is 2.19. The summed E-state index contributed by atoms with van der Waals surface area (Å²) in [6, 6.07) is 8.04. The van der Waals surface area contributed by atoms with Gasteiger partial charge in [-0.2, -0.15) is 5.10 Å². The predicted molar refractivity (Wildman–Crippen MR) is 80.2 cm³/mol. The van der Waals surface area contributed by atoms with Gasteiger partial charge in [0.05, 0.1) is 37.3 Å². The molecular formula is C16H22ClN3O. The van der Waals surface area contributed by atoms with Crippen LogP contribution in [-0.2, 0) is 0 Å². The van der Waals surface area contributed by atoms with Crippen LogP contribution in [0.15, 0.2) is 29.1 Å². The maximum Gasteiger partial charge on any atom is 0.274 e. The molecule has 4 nitrogen and oxygen atoms in total. The highest BCUT2D eigenvalue weighted by Gasteiger charge is 2.21. The van der Waals surface area contributed by atoms with E-state index in [0.717, 1.165) is 42.3 Å². The molecule has 0 spiro atoms. The van der Waals surface area contributed by atoms with E-state index in [0.29, 0.717) is 0 Å². The third-order valence-corrected chi connectivity index (χ3v) is 4.40. The molecule has 3 rings (SSSR count). The fraction of sp³-hybridized carbons (Fsp3) is 0.500. The Labute approximate surface area is 131 Å². The number of likely N-dealkylation sites (tertiary alicyclic amines) is 1. The predicted octanol–water partition coefficient (Wildman–Crippen LogP) is -2.05. The minimum atomic E-state index is 0. The van der Waals surface area contributed by atoms with E-state index in [1.165, 1.54) is 6.54 Å². The van der Waals surface area contributed by atoms with E-state index in [2.05, 4.69) is 12.1 Å². The van der Waals surface area contributed by atoms with E-state index in [9.17, 15) is 4.79 Å². The third-order valence-electron chi connectivity index (χ3n) is 4.40. The van der Waals surface area contributed by atoms with Crippen LogP contribution in [0.4, 0.5) is 0 Å². The van der Waals surface area contributed by atoms with Crippen LogP contribution in [0, 0.1) is 6.92 Å². The number of aromatic nitrogens is 2. The average Bonchev–Trinajstić information content (AvgIpc) is 2.68. The molecule has 1 aromatic carbocycles. The first-order valence-electron chi connectivity index (χ1n) is 7.46. The molecule has 0 aliphatic carbocycles. The molecule has 2 unspecified atom stereocenters. The van der Waals surface area contributed by atoms with Crippen molar-refractivity contribution in [3.63, 3.8) is 0 Å². The van der Waals surface area contributed by atoms with Crippen molar-refractivity contribution in [2.75, 3.05) is 20.1 Å². The number of aryl methyl sites for hydroxylation is 1. The number of quaternary nitrogens is 1. The van der Waals surface area contributed by atoms with Crippen LogP contribution in [0.5, 0.6) is 0 Å². The second-order valence-corrected chi connectivity index (χ2v) is 5.92.